The number of halogens is 1. The number of aromatic nitrogens is 1. The van der Waals surface area contributed by atoms with Gasteiger partial charge in [0.05, 0.1) is 5.52 Å². The lowest BCUT2D eigenvalue weighted by Crippen LogP contribution is -2.00. The van der Waals surface area contributed by atoms with Gasteiger partial charge in [-0.1, -0.05) is 12.1 Å². The monoisotopic (exact) mass is 212 g/mol. The van der Waals surface area contributed by atoms with Crippen molar-refractivity contribution in [3.05, 3.63) is 24.3 Å². The van der Waals surface area contributed by atoms with Crippen LogP contribution in [0.2, 0.25) is 0 Å². The molecule has 0 aliphatic carbocycles. The van der Waals surface area contributed by atoms with E-state index in [0.717, 1.165) is 17.1 Å². The highest BCUT2D eigenvalue weighted by atomic mass is 35.5. The van der Waals surface area contributed by atoms with Crippen LogP contribution in [0.3, 0.4) is 0 Å². The van der Waals surface area contributed by atoms with Crippen LogP contribution in [0.25, 0.3) is 10.9 Å². The fraction of sp³-hybridized carbons (Fsp3) is 0.222. The van der Waals surface area contributed by atoms with Crippen LogP contribution in [-0.4, -0.2) is 16.8 Å². The molecule has 13 heavy (non-hydrogen) atoms. The van der Waals surface area contributed by atoms with Crippen molar-refractivity contribution in [3.63, 3.8) is 0 Å². The lowest BCUT2D eigenvalue weighted by atomic mass is 10.2. The van der Waals surface area contributed by atoms with Crippen molar-refractivity contribution < 1.29 is 0 Å². The molecule has 2 aromatic rings. The first-order valence-electron chi connectivity index (χ1n) is 4.06. The van der Waals surface area contributed by atoms with Crippen LogP contribution in [0.4, 0.5) is 5.00 Å². The van der Waals surface area contributed by atoms with E-state index in [9.17, 15) is 0 Å². The standard InChI is InChI=1S/C9H9ClN2S/c10-5-6-11-9-7-3-1-2-4-8(7)12-13-9/h1-4,11H,5-6H2. The Kier molecular flexibility index (Phi) is 2.66. The van der Waals surface area contributed by atoms with E-state index in [0.29, 0.717) is 5.88 Å². The second kappa shape index (κ2) is 3.94. The van der Waals surface area contributed by atoms with Gasteiger partial charge in [-0.15, -0.1) is 11.6 Å². The Balaban J connectivity index is 2.35. The predicted octanol–water partition coefficient (Wildman–Crippen LogP) is 2.95. The van der Waals surface area contributed by atoms with Crippen molar-refractivity contribution in [2.24, 2.45) is 0 Å². The van der Waals surface area contributed by atoms with Crippen LogP contribution in [0.5, 0.6) is 0 Å². The second-order valence-electron chi connectivity index (χ2n) is 2.64. The number of fused-ring (bicyclic) bond motifs is 1. The number of nitrogens with zero attached hydrogens (tertiary/aromatic N) is 1. The molecule has 1 aromatic carbocycles. The van der Waals surface area contributed by atoms with Crippen LogP contribution < -0.4 is 5.32 Å². The van der Waals surface area contributed by atoms with Gasteiger partial charge < -0.3 is 5.32 Å². The molecular formula is C9H9ClN2S. The van der Waals surface area contributed by atoms with Gasteiger partial charge in [0.2, 0.25) is 0 Å². The average molecular weight is 213 g/mol. The summed E-state index contributed by atoms with van der Waals surface area (Å²) in [5.74, 6) is 0.617. The summed E-state index contributed by atoms with van der Waals surface area (Å²) in [7, 11) is 0. The van der Waals surface area contributed by atoms with Gasteiger partial charge in [0.15, 0.2) is 0 Å². The zero-order valence-electron chi connectivity index (χ0n) is 6.96. The van der Waals surface area contributed by atoms with E-state index in [1.165, 1.54) is 16.9 Å². The molecule has 0 aliphatic rings. The largest absolute Gasteiger partial charge is 0.374 e. The molecule has 4 heteroatoms. The van der Waals surface area contributed by atoms with E-state index in [-0.39, 0.29) is 0 Å². The number of benzene rings is 1. The molecule has 0 unspecified atom stereocenters. The topological polar surface area (TPSA) is 24.9 Å². The van der Waals surface area contributed by atoms with Gasteiger partial charge in [0, 0.05) is 17.8 Å². The van der Waals surface area contributed by atoms with Crippen molar-refractivity contribution in [2.75, 3.05) is 17.7 Å². The first-order chi connectivity index (χ1) is 6.42. The summed E-state index contributed by atoms with van der Waals surface area (Å²) in [5, 5.41) is 5.53. The third kappa shape index (κ3) is 1.76. The van der Waals surface area contributed by atoms with E-state index in [1.807, 2.05) is 18.2 Å². The summed E-state index contributed by atoms with van der Waals surface area (Å²) in [6.45, 7) is 0.785. The maximum atomic E-state index is 5.59. The molecule has 1 heterocycles. The SMILES string of the molecule is ClCCNc1snc2ccccc12. The molecular weight excluding hydrogens is 204 g/mol. The third-order valence-electron chi connectivity index (χ3n) is 1.76. The molecule has 0 aliphatic heterocycles. The Hall–Kier alpha value is -0.800. The summed E-state index contributed by atoms with van der Waals surface area (Å²) in [6.07, 6.45) is 0. The first kappa shape index (κ1) is 8.78. The second-order valence-corrected chi connectivity index (χ2v) is 3.80. The summed E-state index contributed by atoms with van der Waals surface area (Å²) in [4.78, 5) is 0. The molecule has 68 valence electrons. The van der Waals surface area contributed by atoms with E-state index in [2.05, 4.69) is 15.8 Å². The molecule has 0 fully saturated rings. The van der Waals surface area contributed by atoms with Gasteiger partial charge in [0.25, 0.3) is 0 Å². The molecule has 0 spiro atoms. The van der Waals surface area contributed by atoms with Crippen LogP contribution in [0.1, 0.15) is 0 Å². The molecule has 0 bridgehead atoms. The zero-order valence-corrected chi connectivity index (χ0v) is 8.53. The molecule has 2 nitrogen and oxygen atoms in total. The van der Waals surface area contributed by atoms with Gasteiger partial charge in [0.1, 0.15) is 5.00 Å². The van der Waals surface area contributed by atoms with Gasteiger partial charge in [-0.3, -0.25) is 0 Å². The normalized spacial score (nSPS) is 10.5. The number of rotatable bonds is 3. The average Bonchev–Trinajstić information content (AvgIpc) is 2.58. The van der Waals surface area contributed by atoms with Crippen LogP contribution in [-0.2, 0) is 0 Å². The molecule has 0 atom stereocenters. The minimum absolute atomic E-state index is 0.617. The van der Waals surface area contributed by atoms with Crippen molar-refractivity contribution in [2.45, 2.75) is 0 Å². The fourth-order valence-electron chi connectivity index (χ4n) is 1.18. The highest BCUT2D eigenvalue weighted by Crippen LogP contribution is 2.26. The quantitative estimate of drug-likeness (QED) is 0.792. The molecule has 1 aromatic heterocycles. The highest BCUT2D eigenvalue weighted by molar-refractivity contribution is 7.11. The fourth-order valence-corrected chi connectivity index (χ4v) is 2.06. The van der Waals surface area contributed by atoms with Crippen molar-refractivity contribution >= 4 is 39.0 Å². The number of hydrogen-bond donors (Lipinski definition) is 1. The zero-order chi connectivity index (χ0) is 9.10. The first-order valence-corrected chi connectivity index (χ1v) is 5.37. The predicted molar refractivity (Wildman–Crippen MR) is 58.8 cm³/mol. The summed E-state index contributed by atoms with van der Waals surface area (Å²) < 4.78 is 4.31. The Morgan fingerprint density at radius 1 is 1.38 bits per heavy atom. The van der Waals surface area contributed by atoms with Crippen LogP contribution in [0.15, 0.2) is 24.3 Å². The highest BCUT2D eigenvalue weighted by Gasteiger charge is 2.02. The van der Waals surface area contributed by atoms with Crippen LogP contribution in [0, 0.1) is 0 Å². The van der Waals surface area contributed by atoms with Gasteiger partial charge >= 0.3 is 0 Å². The Bertz CT molecular complexity index is 399. The van der Waals surface area contributed by atoms with Gasteiger partial charge in [-0.05, 0) is 23.7 Å². The van der Waals surface area contributed by atoms with Gasteiger partial charge in [-0.2, -0.15) is 4.37 Å². The Morgan fingerprint density at radius 3 is 3.08 bits per heavy atom. The third-order valence-corrected chi connectivity index (χ3v) is 2.79. The van der Waals surface area contributed by atoms with Crippen molar-refractivity contribution in [1.82, 2.24) is 4.37 Å². The maximum absolute atomic E-state index is 5.59. The van der Waals surface area contributed by atoms with E-state index < -0.39 is 0 Å². The Labute approximate surface area is 85.7 Å². The summed E-state index contributed by atoms with van der Waals surface area (Å²) in [6, 6.07) is 8.09. The number of nitrogens with one attached hydrogen (secondary N) is 1. The molecule has 0 amide bonds. The van der Waals surface area contributed by atoms with Gasteiger partial charge in [-0.25, -0.2) is 0 Å². The minimum Gasteiger partial charge on any atom is -0.374 e. The van der Waals surface area contributed by atoms with Crippen molar-refractivity contribution in [1.29, 1.82) is 0 Å². The van der Waals surface area contributed by atoms with E-state index in [1.54, 1.807) is 0 Å². The molecule has 0 radical (unpaired) electrons. The number of alkyl halides is 1. The summed E-state index contributed by atoms with van der Waals surface area (Å²) in [5.41, 5.74) is 1.05. The molecule has 0 saturated carbocycles. The lowest BCUT2D eigenvalue weighted by Gasteiger charge is -1.98. The Morgan fingerprint density at radius 2 is 2.23 bits per heavy atom. The van der Waals surface area contributed by atoms with E-state index in [4.69, 9.17) is 11.6 Å². The lowest BCUT2D eigenvalue weighted by molar-refractivity contribution is 1.24. The van der Waals surface area contributed by atoms with Crippen LogP contribution >= 0.6 is 23.1 Å². The molecule has 2 rings (SSSR count). The number of hydrogen-bond acceptors (Lipinski definition) is 3. The number of anilines is 1. The smallest absolute Gasteiger partial charge is 0.117 e. The minimum atomic E-state index is 0.617. The molecule has 1 N–H and O–H groups in total. The van der Waals surface area contributed by atoms with E-state index >= 15 is 0 Å². The summed E-state index contributed by atoms with van der Waals surface area (Å²) >= 11 is 7.07. The maximum Gasteiger partial charge on any atom is 0.117 e. The van der Waals surface area contributed by atoms with Crippen molar-refractivity contribution in [3.8, 4) is 0 Å². The molecule has 0 saturated heterocycles.